The van der Waals surface area contributed by atoms with Gasteiger partial charge in [-0.25, -0.2) is 4.98 Å². The summed E-state index contributed by atoms with van der Waals surface area (Å²) in [6, 6.07) is 10.9. The third-order valence-electron chi connectivity index (χ3n) is 3.66. The number of nitrogens with two attached hydrogens (primary N) is 1. The third kappa shape index (κ3) is 3.45. The van der Waals surface area contributed by atoms with E-state index in [2.05, 4.69) is 10.3 Å². The van der Waals surface area contributed by atoms with Crippen molar-refractivity contribution in [1.29, 1.82) is 0 Å². The predicted molar refractivity (Wildman–Crippen MR) is 88.3 cm³/mol. The van der Waals surface area contributed by atoms with Crippen LogP contribution in [0, 0.1) is 0 Å². The minimum Gasteiger partial charge on any atom is -0.459 e. The molecule has 3 aromatic rings. The van der Waals surface area contributed by atoms with Gasteiger partial charge in [0.05, 0.1) is 17.3 Å². The van der Waals surface area contributed by atoms with Crippen molar-refractivity contribution in [1.82, 2.24) is 14.9 Å². The lowest BCUT2D eigenvalue weighted by Crippen LogP contribution is -2.25. The molecule has 7 heteroatoms. The van der Waals surface area contributed by atoms with E-state index in [-0.39, 0.29) is 18.2 Å². The van der Waals surface area contributed by atoms with Gasteiger partial charge in [-0.15, -0.1) is 0 Å². The SMILES string of the molecule is NC(=O)Cn1c(CCCNC(=O)c2ccco2)nc2ccccc21. The Hall–Kier alpha value is -3.09. The van der Waals surface area contributed by atoms with Gasteiger partial charge in [0.2, 0.25) is 5.91 Å². The summed E-state index contributed by atoms with van der Waals surface area (Å²) >= 11 is 0. The van der Waals surface area contributed by atoms with Crippen LogP contribution in [0.4, 0.5) is 0 Å². The maximum Gasteiger partial charge on any atom is 0.286 e. The highest BCUT2D eigenvalue weighted by atomic mass is 16.3. The average molecular weight is 326 g/mol. The number of hydrogen-bond donors (Lipinski definition) is 2. The van der Waals surface area contributed by atoms with Crippen LogP contribution in [0.25, 0.3) is 11.0 Å². The van der Waals surface area contributed by atoms with E-state index < -0.39 is 5.91 Å². The van der Waals surface area contributed by atoms with Crippen molar-refractivity contribution < 1.29 is 14.0 Å². The van der Waals surface area contributed by atoms with Crippen LogP contribution in [0.15, 0.2) is 47.1 Å². The number of amides is 2. The summed E-state index contributed by atoms with van der Waals surface area (Å²) in [5.74, 6) is 0.411. The number of rotatable bonds is 7. The van der Waals surface area contributed by atoms with Crippen LogP contribution >= 0.6 is 0 Å². The summed E-state index contributed by atoms with van der Waals surface area (Å²) in [4.78, 5) is 27.7. The number of aromatic nitrogens is 2. The topological polar surface area (TPSA) is 103 Å². The molecule has 1 aromatic carbocycles. The Morgan fingerprint density at radius 3 is 2.79 bits per heavy atom. The van der Waals surface area contributed by atoms with Crippen LogP contribution in [0.5, 0.6) is 0 Å². The Morgan fingerprint density at radius 2 is 2.04 bits per heavy atom. The lowest BCUT2D eigenvalue weighted by atomic mass is 10.3. The quantitative estimate of drug-likeness (QED) is 0.642. The molecule has 7 nitrogen and oxygen atoms in total. The number of nitrogens with zero attached hydrogens (tertiary/aromatic N) is 2. The van der Waals surface area contributed by atoms with Crippen molar-refractivity contribution >= 4 is 22.8 Å². The van der Waals surface area contributed by atoms with E-state index in [4.69, 9.17) is 10.2 Å². The summed E-state index contributed by atoms with van der Waals surface area (Å²) in [5.41, 5.74) is 7.05. The lowest BCUT2D eigenvalue weighted by molar-refractivity contribution is -0.118. The lowest BCUT2D eigenvalue weighted by Gasteiger charge is -2.07. The van der Waals surface area contributed by atoms with Gasteiger partial charge >= 0.3 is 0 Å². The number of nitrogens with one attached hydrogen (secondary N) is 1. The predicted octanol–water partition coefficient (Wildman–Crippen LogP) is 1.48. The standard InChI is InChI=1S/C17H18N4O3/c18-15(22)11-21-13-6-2-1-5-12(13)20-16(21)8-3-9-19-17(23)14-7-4-10-24-14/h1-2,4-7,10H,3,8-9,11H2,(H2,18,22)(H,19,23). The molecule has 2 amide bonds. The molecule has 3 N–H and O–H groups in total. The Bertz CT molecular complexity index is 852. The van der Waals surface area contributed by atoms with Crippen molar-refractivity contribution in [3.63, 3.8) is 0 Å². The van der Waals surface area contributed by atoms with Crippen LogP contribution in [-0.2, 0) is 17.8 Å². The first-order valence-corrected chi connectivity index (χ1v) is 7.69. The van der Waals surface area contributed by atoms with Gasteiger partial charge in [0.15, 0.2) is 5.76 Å². The number of imidazole rings is 1. The van der Waals surface area contributed by atoms with E-state index in [1.165, 1.54) is 6.26 Å². The van der Waals surface area contributed by atoms with Crippen LogP contribution in [-0.4, -0.2) is 27.9 Å². The highest BCUT2D eigenvalue weighted by Gasteiger charge is 2.12. The minimum atomic E-state index is -0.412. The Balaban J connectivity index is 1.64. The van der Waals surface area contributed by atoms with E-state index in [0.29, 0.717) is 19.4 Å². The molecule has 0 radical (unpaired) electrons. The molecule has 3 rings (SSSR count). The molecule has 0 aliphatic carbocycles. The number of furan rings is 1. The van der Waals surface area contributed by atoms with E-state index in [0.717, 1.165) is 16.9 Å². The smallest absolute Gasteiger partial charge is 0.286 e. The molecule has 2 aromatic heterocycles. The van der Waals surface area contributed by atoms with E-state index in [1.807, 2.05) is 28.8 Å². The molecule has 124 valence electrons. The molecular formula is C17H18N4O3. The average Bonchev–Trinajstić information content (AvgIpc) is 3.20. The molecule has 0 aliphatic rings. The van der Waals surface area contributed by atoms with Gasteiger partial charge in [-0.05, 0) is 30.7 Å². The Morgan fingerprint density at radius 1 is 1.21 bits per heavy atom. The summed E-state index contributed by atoms with van der Waals surface area (Å²) < 4.78 is 6.86. The fourth-order valence-corrected chi connectivity index (χ4v) is 2.59. The van der Waals surface area contributed by atoms with E-state index >= 15 is 0 Å². The molecule has 2 heterocycles. The van der Waals surface area contributed by atoms with Gasteiger partial charge in [-0.2, -0.15) is 0 Å². The summed E-state index contributed by atoms with van der Waals surface area (Å²) in [6.45, 7) is 0.577. The first kappa shape index (κ1) is 15.8. The highest BCUT2D eigenvalue weighted by Crippen LogP contribution is 2.16. The first-order chi connectivity index (χ1) is 11.6. The summed E-state index contributed by atoms with van der Waals surface area (Å²) in [7, 11) is 0. The number of para-hydroxylation sites is 2. The Kier molecular flexibility index (Phi) is 4.60. The molecule has 0 unspecified atom stereocenters. The van der Waals surface area contributed by atoms with Gasteiger partial charge in [-0.3, -0.25) is 9.59 Å². The molecule has 0 atom stereocenters. The highest BCUT2D eigenvalue weighted by molar-refractivity contribution is 5.91. The zero-order valence-electron chi connectivity index (χ0n) is 13.1. The second kappa shape index (κ2) is 6.99. The number of benzene rings is 1. The van der Waals surface area contributed by atoms with Crippen LogP contribution in [0.1, 0.15) is 22.8 Å². The van der Waals surface area contributed by atoms with Crippen molar-refractivity contribution in [2.24, 2.45) is 5.73 Å². The number of aryl methyl sites for hydroxylation is 1. The zero-order chi connectivity index (χ0) is 16.9. The molecule has 0 aliphatic heterocycles. The number of primary amides is 1. The van der Waals surface area contributed by atoms with E-state index in [9.17, 15) is 9.59 Å². The molecule has 0 saturated heterocycles. The fourth-order valence-electron chi connectivity index (χ4n) is 2.59. The van der Waals surface area contributed by atoms with Gasteiger partial charge in [0.25, 0.3) is 5.91 Å². The number of fused-ring (bicyclic) bond motifs is 1. The van der Waals surface area contributed by atoms with Crippen LogP contribution in [0.3, 0.4) is 0 Å². The van der Waals surface area contributed by atoms with Crippen LogP contribution in [0.2, 0.25) is 0 Å². The maximum atomic E-state index is 11.8. The molecule has 24 heavy (non-hydrogen) atoms. The zero-order valence-corrected chi connectivity index (χ0v) is 13.1. The normalized spacial score (nSPS) is 10.8. The fraction of sp³-hybridized carbons (Fsp3) is 0.235. The Labute approximate surface area is 138 Å². The van der Waals surface area contributed by atoms with Crippen molar-refractivity contribution in [2.45, 2.75) is 19.4 Å². The summed E-state index contributed by atoms with van der Waals surface area (Å²) in [5, 5.41) is 2.79. The van der Waals surface area contributed by atoms with Crippen molar-refractivity contribution in [2.75, 3.05) is 6.54 Å². The maximum absolute atomic E-state index is 11.8. The van der Waals surface area contributed by atoms with Crippen molar-refractivity contribution in [3.8, 4) is 0 Å². The van der Waals surface area contributed by atoms with Gasteiger partial charge in [0, 0.05) is 13.0 Å². The second-order valence-electron chi connectivity index (χ2n) is 5.41. The minimum absolute atomic E-state index is 0.0919. The number of carbonyl (C=O) groups excluding carboxylic acids is 2. The van der Waals surface area contributed by atoms with Gasteiger partial charge < -0.3 is 20.0 Å². The molecule has 0 saturated carbocycles. The van der Waals surface area contributed by atoms with Crippen molar-refractivity contribution in [3.05, 3.63) is 54.2 Å². The molecule has 0 spiro atoms. The largest absolute Gasteiger partial charge is 0.459 e. The molecular weight excluding hydrogens is 308 g/mol. The van der Waals surface area contributed by atoms with Gasteiger partial charge in [-0.1, -0.05) is 12.1 Å². The molecule has 0 fully saturated rings. The number of carbonyl (C=O) groups is 2. The van der Waals surface area contributed by atoms with E-state index in [1.54, 1.807) is 12.1 Å². The third-order valence-corrected chi connectivity index (χ3v) is 3.66. The monoisotopic (exact) mass is 326 g/mol. The van der Waals surface area contributed by atoms with Crippen LogP contribution < -0.4 is 11.1 Å². The number of hydrogen-bond acceptors (Lipinski definition) is 4. The second-order valence-corrected chi connectivity index (χ2v) is 5.41. The first-order valence-electron chi connectivity index (χ1n) is 7.69. The van der Waals surface area contributed by atoms with Gasteiger partial charge in [0.1, 0.15) is 12.4 Å². The molecule has 0 bridgehead atoms. The summed E-state index contributed by atoms with van der Waals surface area (Å²) in [6.07, 6.45) is 2.77.